The van der Waals surface area contributed by atoms with Crippen molar-refractivity contribution in [1.82, 2.24) is 10.2 Å². The molecule has 0 atom stereocenters. The summed E-state index contributed by atoms with van der Waals surface area (Å²) in [4.78, 5) is 0. The predicted octanol–water partition coefficient (Wildman–Crippen LogP) is 3.68. The Labute approximate surface area is 113 Å². The van der Waals surface area contributed by atoms with E-state index in [1.165, 1.54) is 6.07 Å². The van der Waals surface area contributed by atoms with E-state index in [1.807, 2.05) is 25.1 Å². The van der Waals surface area contributed by atoms with Crippen LogP contribution in [0.1, 0.15) is 5.56 Å². The summed E-state index contributed by atoms with van der Waals surface area (Å²) < 4.78 is 11.0. The molecule has 0 aliphatic heterocycles. The highest BCUT2D eigenvalue weighted by atomic mass is 35.5. The molecule has 3 rings (SSSR count). The molecule has 0 amide bonds. The molecule has 96 valence electrons. The van der Waals surface area contributed by atoms with E-state index in [4.69, 9.17) is 20.8 Å². The summed E-state index contributed by atoms with van der Waals surface area (Å²) in [5.74, 6) is 0.300. The lowest BCUT2D eigenvalue weighted by Gasteiger charge is -2.08. The Morgan fingerprint density at radius 3 is 2.89 bits per heavy atom. The standard InChI is InChI=1S/C13H9ClN2O3/c1-7-2-3-8-4-5-18-12(8)11(7)19-13-9(17)6-10(14)15-16-13/h2-6H,1H3,(H,15,17). The van der Waals surface area contributed by atoms with E-state index in [1.54, 1.807) is 6.26 Å². The van der Waals surface area contributed by atoms with Gasteiger partial charge in [0.2, 0.25) is 0 Å². The molecule has 0 spiro atoms. The Kier molecular flexibility index (Phi) is 2.76. The van der Waals surface area contributed by atoms with Gasteiger partial charge < -0.3 is 14.3 Å². The van der Waals surface area contributed by atoms with Crippen LogP contribution in [0.3, 0.4) is 0 Å². The van der Waals surface area contributed by atoms with Gasteiger partial charge in [0, 0.05) is 11.5 Å². The van der Waals surface area contributed by atoms with Gasteiger partial charge in [-0.3, -0.25) is 0 Å². The highest BCUT2D eigenvalue weighted by Crippen LogP contribution is 2.36. The predicted molar refractivity (Wildman–Crippen MR) is 69.7 cm³/mol. The van der Waals surface area contributed by atoms with Crippen LogP contribution in [0.25, 0.3) is 11.0 Å². The number of hydrogen-bond acceptors (Lipinski definition) is 5. The summed E-state index contributed by atoms with van der Waals surface area (Å²) in [5, 5.41) is 18.1. The maximum absolute atomic E-state index is 9.72. The van der Waals surface area contributed by atoms with Crippen molar-refractivity contribution in [2.24, 2.45) is 0 Å². The smallest absolute Gasteiger partial charge is 0.281 e. The van der Waals surface area contributed by atoms with Crippen molar-refractivity contribution in [2.75, 3.05) is 0 Å². The SMILES string of the molecule is Cc1ccc2ccoc2c1Oc1nnc(Cl)cc1O. The van der Waals surface area contributed by atoms with Crippen molar-refractivity contribution in [3.8, 4) is 17.4 Å². The third-order valence-corrected chi connectivity index (χ3v) is 2.87. The molecule has 0 aliphatic rings. The second-order valence-electron chi connectivity index (χ2n) is 4.01. The summed E-state index contributed by atoms with van der Waals surface area (Å²) in [6.07, 6.45) is 1.57. The van der Waals surface area contributed by atoms with Gasteiger partial charge >= 0.3 is 0 Å². The first-order chi connectivity index (χ1) is 9.15. The van der Waals surface area contributed by atoms with Crippen LogP contribution in [0.4, 0.5) is 0 Å². The number of furan rings is 1. The van der Waals surface area contributed by atoms with Gasteiger partial charge in [-0.05, 0) is 18.6 Å². The fraction of sp³-hybridized carbons (Fsp3) is 0.0769. The highest BCUT2D eigenvalue weighted by Gasteiger charge is 2.14. The van der Waals surface area contributed by atoms with E-state index in [0.717, 1.165) is 10.9 Å². The van der Waals surface area contributed by atoms with Crippen molar-refractivity contribution in [3.63, 3.8) is 0 Å². The van der Waals surface area contributed by atoms with Crippen molar-refractivity contribution in [1.29, 1.82) is 0 Å². The zero-order chi connectivity index (χ0) is 13.4. The Balaban J connectivity index is 2.10. The second-order valence-corrected chi connectivity index (χ2v) is 4.40. The fourth-order valence-corrected chi connectivity index (χ4v) is 1.89. The number of nitrogens with zero attached hydrogens (tertiary/aromatic N) is 2. The number of aromatic nitrogens is 2. The van der Waals surface area contributed by atoms with Gasteiger partial charge in [-0.1, -0.05) is 23.7 Å². The Hall–Kier alpha value is -2.27. The molecule has 0 fully saturated rings. The summed E-state index contributed by atoms with van der Waals surface area (Å²) in [7, 11) is 0. The van der Waals surface area contributed by atoms with Gasteiger partial charge in [-0.15, -0.1) is 10.2 Å². The first kappa shape index (κ1) is 11.8. The molecule has 19 heavy (non-hydrogen) atoms. The second kappa shape index (κ2) is 4.44. The summed E-state index contributed by atoms with van der Waals surface area (Å²) in [5.41, 5.74) is 1.45. The topological polar surface area (TPSA) is 68.4 Å². The molecule has 0 saturated carbocycles. The van der Waals surface area contributed by atoms with Crippen LogP contribution in [0.5, 0.6) is 17.4 Å². The number of benzene rings is 1. The largest absolute Gasteiger partial charge is 0.503 e. The lowest BCUT2D eigenvalue weighted by molar-refractivity contribution is 0.388. The molecular formula is C13H9ClN2O3. The number of fused-ring (bicyclic) bond motifs is 1. The molecule has 0 radical (unpaired) electrons. The molecule has 2 heterocycles. The fourth-order valence-electron chi connectivity index (χ4n) is 1.75. The van der Waals surface area contributed by atoms with Crippen molar-refractivity contribution < 1.29 is 14.3 Å². The van der Waals surface area contributed by atoms with E-state index in [-0.39, 0.29) is 16.8 Å². The Morgan fingerprint density at radius 1 is 1.26 bits per heavy atom. The molecule has 1 aromatic carbocycles. The molecular weight excluding hydrogens is 268 g/mol. The quantitative estimate of drug-likeness (QED) is 0.773. The number of halogens is 1. The van der Waals surface area contributed by atoms with Gasteiger partial charge in [0.25, 0.3) is 5.88 Å². The molecule has 0 saturated heterocycles. The van der Waals surface area contributed by atoms with Crippen molar-refractivity contribution in [3.05, 3.63) is 41.2 Å². The van der Waals surface area contributed by atoms with Crippen LogP contribution < -0.4 is 4.74 Å². The summed E-state index contributed by atoms with van der Waals surface area (Å²) in [6.45, 7) is 1.87. The maximum Gasteiger partial charge on any atom is 0.281 e. The van der Waals surface area contributed by atoms with Crippen LogP contribution >= 0.6 is 11.6 Å². The molecule has 0 bridgehead atoms. The van der Waals surface area contributed by atoms with Gasteiger partial charge in [0.15, 0.2) is 22.2 Å². The number of rotatable bonds is 2. The number of ether oxygens (including phenoxy) is 1. The van der Waals surface area contributed by atoms with E-state index in [9.17, 15) is 5.11 Å². The van der Waals surface area contributed by atoms with E-state index >= 15 is 0 Å². The van der Waals surface area contributed by atoms with Gasteiger partial charge in [0.1, 0.15) is 0 Å². The molecule has 0 unspecified atom stereocenters. The highest BCUT2D eigenvalue weighted by molar-refractivity contribution is 6.29. The number of aryl methyl sites for hydroxylation is 1. The minimum Gasteiger partial charge on any atom is -0.503 e. The van der Waals surface area contributed by atoms with E-state index in [2.05, 4.69) is 10.2 Å². The van der Waals surface area contributed by atoms with Crippen LogP contribution in [0, 0.1) is 6.92 Å². The van der Waals surface area contributed by atoms with E-state index < -0.39 is 0 Å². The summed E-state index contributed by atoms with van der Waals surface area (Å²) >= 11 is 5.62. The Morgan fingerprint density at radius 2 is 2.11 bits per heavy atom. The van der Waals surface area contributed by atoms with Crippen LogP contribution in [0.15, 0.2) is 34.9 Å². The lowest BCUT2D eigenvalue weighted by atomic mass is 10.1. The van der Waals surface area contributed by atoms with E-state index in [0.29, 0.717) is 11.3 Å². The van der Waals surface area contributed by atoms with Crippen LogP contribution in [0.2, 0.25) is 5.15 Å². The number of hydrogen-bond donors (Lipinski definition) is 1. The zero-order valence-corrected chi connectivity index (χ0v) is 10.7. The molecule has 5 nitrogen and oxygen atoms in total. The average Bonchev–Trinajstić information content (AvgIpc) is 2.84. The first-order valence-corrected chi connectivity index (χ1v) is 5.90. The first-order valence-electron chi connectivity index (χ1n) is 5.52. The molecule has 1 N–H and O–H groups in total. The van der Waals surface area contributed by atoms with Gasteiger partial charge in [0.05, 0.1) is 6.26 Å². The van der Waals surface area contributed by atoms with Crippen LogP contribution in [-0.4, -0.2) is 15.3 Å². The van der Waals surface area contributed by atoms with Crippen molar-refractivity contribution in [2.45, 2.75) is 6.92 Å². The number of aromatic hydroxyl groups is 1. The van der Waals surface area contributed by atoms with Gasteiger partial charge in [-0.25, -0.2) is 0 Å². The minimum absolute atomic E-state index is 0.0172. The zero-order valence-electron chi connectivity index (χ0n) is 9.92. The third-order valence-electron chi connectivity index (χ3n) is 2.68. The molecule has 2 aromatic heterocycles. The molecule has 0 aliphatic carbocycles. The normalized spacial score (nSPS) is 10.8. The average molecular weight is 277 g/mol. The summed E-state index contributed by atoms with van der Waals surface area (Å²) in [6, 6.07) is 6.92. The Bertz CT molecular complexity index is 755. The van der Waals surface area contributed by atoms with Gasteiger partial charge in [-0.2, -0.15) is 0 Å². The maximum atomic E-state index is 9.72. The van der Waals surface area contributed by atoms with Crippen molar-refractivity contribution >= 4 is 22.6 Å². The minimum atomic E-state index is -0.178. The molecule has 6 heteroatoms. The third kappa shape index (κ3) is 2.08. The lowest BCUT2D eigenvalue weighted by Crippen LogP contribution is -1.93. The monoisotopic (exact) mass is 276 g/mol. The molecule has 3 aromatic rings. The van der Waals surface area contributed by atoms with Crippen LogP contribution in [-0.2, 0) is 0 Å².